The van der Waals surface area contributed by atoms with Crippen molar-refractivity contribution in [3.63, 3.8) is 0 Å². The molecule has 0 spiro atoms. The van der Waals surface area contributed by atoms with Gasteiger partial charge in [-0.1, -0.05) is 54.1 Å². The van der Waals surface area contributed by atoms with E-state index in [4.69, 9.17) is 4.42 Å². The van der Waals surface area contributed by atoms with Crippen LogP contribution < -0.4 is 0 Å². The molecular weight excluding hydrogens is 272 g/mol. The number of fused-ring (bicyclic) bond motifs is 3. The molecule has 4 aromatic rings. The van der Waals surface area contributed by atoms with Gasteiger partial charge in [0.05, 0.1) is 0 Å². The molecule has 0 aliphatic carbocycles. The lowest BCUT2D eigenvalue weighted by molar-refractivity contribution is 0.104. The lowest BCUT2D eigenvalue weighted by atomic mass is 9.97. The number of benzene rings is 3. The van der Waals surface area contributed by atoms with Crippen molar-refractivity contribution in [1.29, 1.82) is 0 Å². The van der Waals surface area contributed by atoms with Crippen molar-refractivity contribution >= 4 is 27.7 Å². The van der Waals surface area contributed by atoms with E-state index >= 15 is 0 Å². The highest BCUT2D eigenvalue weighted by molar-refractivity contribution is 6.21. The number of rotatable bonds is 2. The van der Waals surface area contributed by atoms with Crippen molar-refractivity contribution < 1.29 is 9.21 Å². The molecule has 0 aliphatic heterocycles. The van der Waals surface area contributed by atoms with Crippen LogP contribution >= 0.6 is 0 Å². The van der Waals surface area contributed by atoms with Gasteiger partial charge in [-0.2, -0.15) is 0 Å². The molecule has 0 N–H and O–H groups in total. The Kier molecular flexibility index (Phi) is 2.83. The number of hydrogen-bond acceptors (Lipinski definition) is 2. The molecule has 2 nitrogen and oxygen atoms in total. The van der Waals surface area contributed by atoms with E-state index in [1.807, 2.05) is 73.7 Å². The topological polar surface area (TPSA) is 30.2 Å². The van der Waals surface area contributed by atoms with Crippen molar-refractivity contribution in [2.45, 2.75) is 6.92 Å². The maximum Gasteiger partial charge on any atom is 0.193 e. The predicted molar refractivity (Wildman–Crippen MR) is 88.3 cm³/mol. The Balaban J connectivity index is 2.00. The second kappa shape index (κ2) is 4.85. The van der Waals surface area contributed by atoms with Crippen molar-refractivity contribution in [2.24, 2.45) is 0 Å². The van der Waals surface area contributed by atoms with E-state index in [1.54, 1.807) is 0 Å². The smallest absolute Gasteiger partial charge is 0.193 e. The Morgan fingerprint density at radius 2 is 1.64 bits per heavy atom. The molecule has 0 atom stereocenters. The molecule has 106 valence electrons. The Morgan fingerprint density at radius 1 is 0.864 bits per heavy atom. The van der Waals surface area contributed by atoms with Gasteiger partial charge in [-0.05, 0) is 25.1 Å². The maximum atomic E-state index is 12.9. The molecular formula is C20H14O2. The molecule has 3 aromatic carbocycles. The Morgan fingerprint density at radius 3 is 2.50 bits per heavy atom. The zero-order valence-corrected chi connectivity index (χ0v) is 12.2. The molecule has 22 heavy (non-hydrogen) atoms. The number of ketones is 1. The van der Waals surface area contributed by atoms with E-state index in [1.165, 1.54) is 0 Å². The molecule has 2 heteroatoms. The fourth-order valence-electron chi connectivity index (χ4n) is 2.91. The van der Waals surface area contributed by atoms with Crippen molar-refractivity contribution in [3.05, 3.63) is 83.4 Å². The van der Waals surface area contributed by atoms with Crippen molar-refractivity contribution in [2.75, 3.05) is 0 Å². The van der Waals surface area contributed by atoms with E-state index in [0.29, 0.717) is 11.1 Å². The zero-order valence-electron chi connectivity index (χ0n) is 12.2. The van der Waals surface area contributed by atoms with Crippen LogP contribution in [-0.4, -0.2) is 5.78 Å². The van der Waals surface area contributed by atoms with Crippen molar-refractivity contribution in [1.82, 2.24) is 0 Å². The molecule has 1 aromatic heterocycles. The predicted octanol–water partition coefficient (Wildman–Crippen LogP) is 5.13. The van der Waals surface area contributed by atoms with Gasteiger partial charge in [-0.25, -0.2) is 0 Å². The van der Waals surface area contributed by atoms with Crippen molar-refractivity contribution in [3.8, 4) is 0 Å². The summed E-state index contributed by atoms with van der Waals surface area (Å²) in [6.45, 7) is 1.99. The summed E-state index contributed by atoms with van der Waals surface area (Å²) in [6, 6.07) is 21.1. The fraction of sp³-hybridized carbons (Fsp3) is 0.0500. The lowest BCUT2D eigenvalue weighted by Gasteiger charge is -2.04. The molecule has 0 unspecified atom stereocenters. The highest BCUT2D eigenvalue weighted by Gasteiger charge is 2.17. The van der Waals surface area contributed by atoms with Gasteiger partial charge in [-0.3, -0.25) is 4.79 Å². The fourth-order valence-corrected chi connectivity index (χ4v) is 2.91. The standard InChI is InChI=1S/C20H14O2/c1-13-6-4-7-14(12-13)20(21)16-9-5-11-18-19(16)15-8-2-3-10-17(15)22-18/h2-12H,1H3. The highest BCUT2D eigenvalue weighted by atomic mass is 16.3. The van der Waals surface area contributed by atoms with Gasteiger partial charge in [0.25, 0.3) is 0 Å². The van der Waals surface area contributed by atoms with Gasteiger partial charge >= 0.3 is 0 Å². The maximum absolute atomic E-state index is 12.9. The lowest BCUT2D eigenvalue weighted by Crippen LogP contribution is -2.02. The van der Waals surface area contributed by atoms with Crippen LogP contribution in [0, 0.1) is 6.92 Å². The van der Waals surface area contributed by atoms with Crippen LogP contribution in [0.3, 0.4) is 0 Å². The molecule has 0 fully saturated rings. The number of carbonyl (C=O) groups excluding carboxylic acids is 1. The minimum Gasteiger partial charge on any atom is -0.456 e. The molecule has 0 bridgehead atoms. The number of carbonyl (C=O) groups is 1. The summed E-state index contributed by atoms with van der Waals surface area (Å²) >= 11 is 0. The number of para-hydroxylation sites is 1. The van der Waals surface area contributed by atoms with Gasteiger partial charge in [0.2, 0.25) is 0 Å². The zero-order chi connectivity index (χ0) is 15.1. The van der Waals surface area contributed by atoms with Crippen LogP contribution in [0.1, 0.15) is 21.5 Å². The number of aryl methyl sites for hydroxylation is 1. The normalized spacial score (nSPS) is 11.1. The second-order valence-corrected chi connectivity index (χ2v) is 5.48. The average molecular weight is 286 g/mol. The molecule has 0 amide bonds. The quantitative estimate of drug-likeness (QED) is 0.478. The third kappa shape index (κ3) is 1.92. The first-order chi connectivity index (χ1) is 10.7. The first-order valence-electron chi connectivity index (χ1n) is 7.26. The molecule has 0 aliphatic rings. The van der Waals surface area contributed by atoms with E-state index in [2.05, 4.69) is 0 Å². The first-order valence-corrected chi connectivity index (χ1v) is 7.26. The summed E-state index contributed by atoms with van der Waals surface area (Å²) in [5.74, 6) is 0.0286. The van der Waals surface area contributed by atoms with E-state index in [0.717, 1.165) is 27.5 Å². The van der Waals surface area contributed by atoms with E-state index < -0.39 is 0 Å². The molecule has 1 heterocycles. The third-order valence-corrected chi connectivity index (χ3v) is 3.93. The SMILES string of the molecule is Cc1cccc(C(=O)c2cccc3oc4ccccc4c23)c1. The summed E-state index contributed by atoms with van der Waals surface area (Å²) in [6.07, 6.45) is 0. The molecule has 0 radical (unpaired) electrons. The van der Waals surface area contributed by atoms with Crippen LogP contribution in [0.5, 0.6) is 0 Å². The summed E-state index contributed by atoms with van der Waals surface area (Å²) in [7, 11) is 0. The summed E-state index contributed by atoms with van der Waals surface area (Å²) in [4.78, 5) is 12.9. The molecule has 4 rings (SSSR count). The molecule has 0 saturated heterocycles. The van der Waals surface area contributed by atoms with Crippen LogP contribution in [0.4, 0.5) is 0 Å². The monoisotopic (exact) mass is 286 g/mol. The Bertz CT molecular complexity index is 1010. The minimum absolute atomic E-state index is 0.0286. The van der Waals surface area contributed by atoms with Gasteiger partial charge < -0.3 is 4.42 Å². The van der Waals surface area contributed by atoms with Crippen LogP contribution in [0.15, 0.2) is 71.1 Å². The van der Waals surface area contributed by atoms with Crippen LogP contribution in [0.2, 0.25) is 0 Å². The van der Waals surface area contributed by atoms with Gasteiger partial charge in [0, 0.05) is 21.9 Å². The second-order valence-electron chi connectivity index (χ2n) is 5.48. The summed E-state index contributed by atoms with van der Waals surface area (Å²) in [5, 5.41) is 1.87. The van der Waals surface area contributed by atoms with Gasteiger partial charge in [-0.15, -0.1) is 0 Å². The van der Waals surface area contributed by atoms with E-state index in [9.17, 15) is 4.79 Å². The highest BCUT2D eigenvalue weighted by Crippen LogP contribution is 2.32. The Hall–Kier alpha value is -2.87. The third-order valence-electron chi connectivity index (χ3n) is 3.93. The summed E-state index contributed by atoms with van der Waals surface area (Å²) < 4.78 is 5.85. The average Bonchev–Trinajstić information content (AvgIpc) is 2.92. The summed E-state index contributed by atoms with van der Waals surface area (Å²) in [5.41, 5.74) is 4.03. The van der Waals surface area contributed by atoms with Gasteiger partial charge in [0.1, 0.15) is 11.2 Å². The van der Waals surface area contributed by atoms with Gasteiger partial charge in [0.15, 0.2) is 5.78 Å². The van der Waals surface area contributed by atoms with Crippen LogP contribution in [0.25, 0.3) is 21.9 Å². The van der Waals surface area contributed by atoms with E-state index in [-0.39, 0.29) is 5.78 Å². The molecule has 0 saturated carbocycles. The minimum atomic E-state index is 0.0286. The first kappa shape index (κ1) is 12.8. The number of hydrogen-bond donors (Lipinski definition) is 0. The van der Waals surface area contributed by atoms with Crippen LogP contribution in [-0.2, 0) is 0 Å². The Labute approximate surface area is 128 Å². The number of furan rings is 1. The largest absolute Gasteiger partial charge is 0.456 e.